The monoisotopic (exact) mass is 443 g/mol. The Morgan fingerprint density at radius 2 is 1.84 bits per heavy atom. The van der Waals surface area contributed by atoms with Gasteiger partial charge in [0.05, 0.1) is 11.1 Å². The van der Waals surface area contributed by atoms with Crippen LogP contribution in [0.25, 0.3) is 11.3 Å². The third-order valence-corrected chi connectivity index (χ3v) is 6.47. The lowest BCUT2D eigenvalue weighted by Gasteiger charge is -2.18. The first-order valence-electron chi connectivity index (χ1n) is 9.45. The van der Waals surface area contributed by atoms with Crippen LogP contribution in [0.4, 0.5) is 11.5 Å². The highest BCUT2D eigenvalue weighted by Gasteiger charge is 2.21. The van der Waals surface area contributed by atoms with Crippen molar-refractivity contribution in [3.63, 3.8) is 0 Å². The minimum Gasteiger partial charge on any atom is -0.455 e. The van der Waals surface area contributed by atoms with E-state index in [4.69, 9.17) is 4.42 Å². The van der Waals surface area contributed by atoms with Crippen molar-refractivity contribution >= 4 is 27.7 Å². The Bertz CT molecular complexity index is 1170. The molecule has 1 N–H and O–H groups in total. The van der Waals surface area contributed by atoms with Crippen molar-refractivity contribution in [3.8, 4) is 11.3 Å². The third-order valence-electron chi connectivity index (χ3n) is 4.44. The first-order chi connectivity index (χ1) is 14.8. The molecule has 0 radical (unpaired) electrons. The number of sulfonamides is 1. The molecule has 0 saturated carbocycles. The summed E-state index contributed by atoms with van der Waals surface area (Å²) >= 11 is 0. The molecule has 0 aliphatic rings. The molecule has 31 heavy (non-hydrogen) atoms. The van der Waals surface area contributed by atoms with E-state index in [0.29, 0.717) is 36.0 Å². The van der Waals surface area contributed by atoms with Crippen LogP contribution in [-0.2, 0) is 10.0 Å². The fraction of sp³-hybridized carbons (Fsp3) is 0.200. The van der Waals surface area contributed by atoms with Gasteiger partial charge in [0.2, 0.25) is 10.0 Å². The topological polar surface area (TPSA) is 131 Å². The van der Waals surface area contributed by atoms with Gasteiger partial charge < -0.3 is 4.42 Å². The van der Waals surface area contributed by atoms with Crippen molar-refractivity contribution in [1.29, 1.82) is 0 Å². The Balaban J connectivity index is 1.64. The number of benzene rings is 1. The van der Waals surface area contributed by atoms with Crippen molar-refractivity contribution in [2.24, 2.45) is 5.10 Å². The smallest absolute Gasteiger partial charge is 0.269 e. The average molecular weight is 443 g/mol. The summed E-state index contributed by atoms with van der Waals surface area (Å²) in [5, 5.41) is 14.8. The number of nitro groups is 1. The Morgan fingerprint density at radius 1 is 1.13 bits per heavy atom. The number of hydrogen-bond acceptors (Lipinski definition) is 8. The molecule has 2 heterocycles. The van der Waals surface area contributed by atoms with Crippen LogP contribution in [0.15, 0.2) is 69.1 Å². The molecular weight excluding hydrogens is 422 g/mol. The van der Waals surface area contributed by atoms with Crippen molar-refractivity contribution in [1.82, 2.24) is 9.29 Å². The van der Waals surface area contributed by atoms with Crippen LogP contribution < -0.4 is 5.43 Å². The lowest BCUT2D eigenvalue weighted by Crippen LogP contribution is -2.30. The fourth-order valence-corrected chi connectivity index (χ4v) is 4.20. The standard InChI is InChI=1S/C20H21N5O5S/c1-3-24(4-2)31(28,29)18-10-12-20(21-14-18)23-22-13-17-9-11-19(30-17)15-5-7-16(8-6-15)25(26)27/h5-14H,3-4H2,1-2H3,(H,21,23). The average Bonchev–Trinajstić information content (AvgIpc) is 3.24. The molecule has 0 atom stereocenters. The summed E-state index contributed by atoms with van der Waals surface area (Å²) in [6, 6.07) is 12.5. The van der Waals surface area contributed by atoms with E-state index in [0.717, 1.165) is 0 Å². The second-order valence-electron chi connectivity index (χ2n) is 6.34. The quantitative estimate of drug-likeness (QED) is 0.303. The maximum Gasteiger partial charge on any atom is 0.269 e. The van der Waals surface area contributed by atoms with Gasteiger partial charge in [-0.25, -0.2) is 13.4 Å². The molecule has 0 spiro atoms. The summed E-state index contributed by atoms with van der Waals surface area (Å²) in [6.45, 7) is 4.32. The van der Waals surface area contributed by atoms with Gasteiger partial charge in [-0.05, 0) is 36.4 Å². The second kappa shape index (κ2) is 9.49. The van der Waals surface area contributed by atoms with Crippen LogP contribution in [0.1, 0.15) is 19.6 Å². The summed E-state index contributed by atoms with van der Waals surface area (Å²) in [6.07, 6.45) is 2.72. The first kappa shape index (κ1) is 22.1. The SMILES string of the molecule is CCN(CC)S(=O)(=O)c1ccc(NN=Cc2ccc(-c3ccc([N+](=O)[O-])cc3)o2)nc1. The van der Waals surface area contributed by atoms with Gasteiger partial charge in [-0.1, -0.05) is 13.8 Å². The van der Waals surface area contributed by atoms with Crippen molar-refractivity contribution in [3.05, 3.63) is 70.6 Å². The molecule has 0 unspecified atom stereocenters. The molecule has 3 rings (SSSR count). The zero-order valence-electron chi connectivity index (χ0n) is 16.9. The predicted octanol–water partition coefficient (Wildman–Crippen LogP) is 3.73. The maximum atomic E-state index is 12.5. The summed E-state index contributed by atoms with van der Waals surface area (Å²) in [5.74, 6) is 1.37. The van der Waals surface area contributed by atoms with Gasteiger partial charge in [0, 0.05) is 37.0 Å². The van der Waals surface area contributed by atoms with E-state index in [1.165, 1.54) is 41.0 Å². The van der Waals surface area contributed by atoms with Gasteiger partial charge in [-0.2, -0.15) is 9.41 Å². The van der Waals surface area contributed by atoms with Crippen LogP contribution in [0.2, 0.25) is 0 Å². The number of nitrogens with zero attached hydrogens (tertiary/aromatic N) is 4. The summed E-state index contributed by atoms with van der Waals surface area (Å²) < 4.78 is 31.9. The highest BCUT2D eigenvalue weighted by Crippen LogP contribution is 2.24. The first-order valence-corrected chi connectivity index (χ1v) is 10.9. The van der Waals surface area contributed by atoms with Gasteiger partial charge in [0.15, 0.2) is 0 Å². The number of hydrazone groups is 1. The van der Waals surface area contributed by atoms with Gasteiger partial charge in [0.1, 0.15) is 22.2 Å². The van der Waals surface area contributed by atoms with E-state index < -0.39 is 14.9 Å². The Morgan fingerprint density at radius 3 is 2.42 bits per heavy atom. The summed E-state index contributed by atoms with van der Waals surface area (Å²) in [4.78, 5) is 14.5. The number of anilines is 1. The van der Waals surface area contributed by atoms with Crippen molar-refractivity contribution in [2.75, 3.05) is 18.5 Å². The molecule has 1 aromatic carbocycles. The molecule has 0 amide bonds. The molecule has 0 aliphatic carbocycles. The normalized spacial score (nSPS) is 11.8. The zero-order valence-corrected chi connectivity index (χ0v) is 17.7. The van der Waals surface area contributed by atoms with Crippen molar-refractivity contribution in [2.45, 2.75) is 18.7 Å². The maximum absolute atomic E-state index is 12.5. The third kappa shape index (κ3) is 5.13. The molecule has 0 fully saturated rings. The number of furan rings is 1. The van der Waals surface area contributed by atoms with Gasteiger partial charge in [-0.15, -0.1) is 0 Å². The summed E-state index contributed by atoms with van der Waals surface area (Å²) in [7, 11) is -3.56. The highest BCUT2D eigenvalue weighted by molar-refractivity contribution is 7.89. The molecule has 11 heteroatoms. The Hall–Kier alpha value is -3.57. The van der Waals surface area contributed by atoms with Gasteiger partial charge >= 0.3 is 0 Å². The number of nitro benzene ring substituents is 1. The van der Waals surface area contributed by atoms with Crippen LogP contribution in [0.5, 0.6) is 0 Å². The lowest BCUT2D eigenvalue weighted by atomic mass is 10.1. The number of pyridine rings is 1. The van der Waals surface area contributed by atoms with E-state index in [9.17, 15) is 18.5 Å². The van der Waals surface area contributed by atoms with E-state index >= 15 is 0 Å². The minimum atomic E-state index is -3.56. The zero-order chi connectivity index (χ0) is 22.4. The largest absolute Gasteiger partial charge is 0.455 e. The predicted molar refractivity (Wildman–Crippen MR) is 116 cm³/mol. The molecule has 3 aromatic rings. The number of rotatable bonds is 9. The molecule has 10 nitrogen and oxygen atoms in total. The molecule has 162 valence electrons. The number of hydrogen-bond donors (Lipinski definition) is 1. The second-order valence-corrected chi connectivity index (χ2v) is 8.28. The minimum absolute atomic E-state index is 0.00436. The van der Waals surface area contributed by atoms with E-state index in [1.54, 1.807) is 38.1 Å². The van der Waals surface area contributed by atoms with E-state index in [1.807, 2.05) is 0 Å². The van der Waals surface area contributed by atoms with Crippen LogP contribution >= 0.6 is 0 Å². The number of aromatic nitrogens is 1. The number of non-ortho nitro benzene ring substituents is 1. The number of nitrogens with one attached hydrogen (secondary N) is 1. The van der Waals surface area contributed by atoms with Gasteiger partial charge in [-0.3, -0.25) is 15.5 Å². The summed E-state index contributed by atoms with van der Waals surface area (Å²) in [5.41, 5.74) is 3.42. The molecule has 0 saturated heterocycles. The van der Waals surface area contributed by atoms with Crippen molar-refractivity contribution < 1.29 is 17.8 Å². The van der Waals surface area contributed by atoms with E-state index in [-0.39, 0.29) is 10.6 Å². The Kier molecular flexibility index (Phi) is 6.78. The van der Waals surface area contributed by atoms with E-state index in [2.05, 4.69) is 15.5 Å². The molecule has 2 aromatic heterocycles. The molecule has 0 bridgehead atoms. The molecular formula is C20H21N5O5S. The van der Waals surface area contributed by atoms with Crippen LogP contribution in [0, 0.1) is 10.1 Å². The van der Waals surface area contributed by atoms with Gasteiger partial charge in [0.25, 0.3) is 5.69 Å². The lowest BCUT2D eigenvalue weighted by molar-refractivity contribution is -0.384. The molecule has 0 aliphatic heterocycles. The van der Waals surface area contributed by atoms with Crippen LogP contribution in [-0.4, -0.2) is 41.9 Å². The highest BCUT2D eigenvalue weighted by atomic mass is 32.2. The fourth-order valence-electron chi connectivity index (χ4n) is 2.80. The van der Waals surface area contributed by atoms with Crippen LogP contribution in [0.3, 0.4) is 0 Å². The Labute approximate surface area is 179 Å².